The molecule has 0 aliphatic heterocycles. The molecule has 0 aromatic carbocycles. The lowest BCUT2D eigenvalue weighted by atomic mass is 10.3. The van der Waals surface area contributed by atoms with Crippen LogP contribution in [0, 0.1) is 0 Å². The summed E-state index contributed by atoms with van der Waals surface area (Å²) in [5.74, 6) is -0.893. The Morgan fingerprint density at radius 3 is 3.18 bits per heavy atom. The highest BCUT2D eigenvalue weighted by atomic mass is 32.1. The number of carboxylic acid groups (broad SMARTS) is 1. The zero-order valence-corrected chi connectivity index (χ0v) is 6.91. The molecule has 2 aromatic heterocycles. The van der Waals surface area contributed by atoms with Gasteiger partial charge >= 0.3 is 5.97 Å². The Morgan fingerprint density at radius 2 is 2.45 bits per heavy atom. The zero-order chi connectivity index (χ0) is 7.84. The zero-order valence-electron chi connectivity index (χ0n) is 5.27. The van der Waals surface area contributed by atoms with Gasteiger partial charge in [0, 0.05) is 5.39 Å². The van der Waals surface area contributed by atoms with E-state index in [4.69, 9.17) is 5.11 Å². The van der Waals surface area contributed by atoms with Gasteiger partial charge in [-0.05, 0) is 23.0 Å². The van der Waals surface area contributed by atoms with E-state index in [2.05, 4.69) is 4.37 Å². The molecule has 56 valence electrons. The molecule has 0 unspecified atom stereocenters. The number of thiophene rings is 1. The average molecular weight is 185 g/mol. The summed E-state index contributed by atoms with van der Waals surface area (Å²) in [5.41, 5.74) is 0. The van der Waals surface area contributed by atoms with Crippen LogP contribution in [0.1, 0.15) is 9.67 Å². The van der Waals surface area contributed by atoms with Gasteiger partial charge in [0.05, 0.1) is 0 Å². The molecule has 0 radical (unpaired) electrons. The van der Waals surface area contributed by atoms with Gasteiger partial charge in [-0.2, -0.15) is 4.37 Å². The van der Waals surface area contributed by atoms with Crippen molar-refractivity contribution in [3.8, 4) is 0 Å². The van der Waals surface area contributed by atoms with Crippen molar-refractivity contribution in [1.29, 1.82) is 0 Å². The summed E-state index contributed by atoms with van der Waals surface area (Å²) in [5, 5.41) is 11.3. The standard InChI is InChI=1S/C6H3NO2S2/c8-6(9)4-3-1-2-10-5(3)7-11-4/h1-2H,(H,8,9). The third-order valence-electron chi connectivity index (χ3n) is 1.30. The van der Waals surface area contributed by atoms with Gasteiger partial charge in [-0.25, -0.2) is 4.79 Å². The lowest BCUT2D eigenvalue weighted by Gasteiger charge is -1.81. The van der Waals surface area contributed by atoms with Crippen molar-refractivity contribution < 1.29 is 9.90 Å². The first-order valence-electron chi connectivity index (χ1n) is 2.85. The van der Waals surface area contributed by atoms with E-state index < -0.39 is 5.97 Å². The Balaban J connectivity index is 2.78. The molecular weight excluding hydrogens is 182 g/mol. The molecule has 0 atom stereocenters. The summed E-state index contributed by atoms with van der Waals surface area (Å²) in [6, 6.07) is 1.78. The van der Waals surface area contributed by atoms with Crippen molar-refractivity contribution in [3.05, 3.63) is 16.3 Å². The van der Waals surface area contributed by atoms with Gasteiger partial charge in [0.15, 0.2) is 0 Å². The highest BCUT2D eigenvalue weighted by molar-refractivity contribution is 7.20. The van der Waals surface area contributed by atoms with E-state index in [1.54, 1.807) is 6.07 Å². The molecule has 2 rings (SSSR count). The van der Waals surface area contributed by atoms with Crippen LogP contribution in [-0.2, 0) is 0 Å². The van der Waals surface area contributed by atoms with Crippen molar-refractivity contribution in [1.82, 2.24) is 4.37 Å². The molecule has 1 N–H and O–H groups in total. The highest BCUT2D eigenvalue weighted by Gasteiger charge is 2.12. The minimum Gasteiger partial charge on any atom is -0.477 e. The molecule has 0 bridgehead atoms. The molecule has 0 amide bonds. The van der Waals surface area contributed by atoms with Gasteiger partial charge in [-0.15, -0.1) is 11.3 Å². The number of nitrogens with zero attached hydrogens (tertiary/aromatic N) is 1. The summed E-state index contributed by atoms with van der Waals surface area (Å²) < 4.78 is 3.98. The predicted molar refractivity (Wildman–Crippen MR) is 44.5 cm³/mol. The number of rotatable bonds is 1. The summed E-state index contributed by atoms with van der Waals surface area (Å²) >= 11 is 2.50. The van der Waals surface area contributed by atoms with E-state index >= 15 is 0 Å². The molecule has 3 nitrogen and oxygen atoms in total. The van der Waals surface area contributed by atoms with E-state index in [1.165, 1.54) is 11.3 Å². The monoisotopic (exact) mass is 185 g/mol. The number of fused-ring (bicyclic) bond motifs is 1. The van der Waals surface area contributed by atoms with E-state index in [0.29, 0.717) is 4.88 Å². The van der Waals surface area contributed by atoms with Crippen LogP contribution in [0.25, 0.3) is 10.2 Å². The van der Waals surface area contributed by atoms with Crippen LogP contribution < -0.4 is 0 Å². The Labute approximate surface area is 70.1 Å². The smallest absolute Gasteiger partial charge is 0.348 e. The molecule has 2 aromatic rings. The first-order valence-corrected chi connectivity index (χ1v) is 4.50. The molecule has 11 heavy (non-hydrogen) atoms. The van der Waals surface area contributed by atoms with Crippen molar-refractivity contribution in [3.63, 3.8) is 0 Å². The predicted octanol–water partition coefficient (Wildman–Crippen LogP) is 2.06. The molecule has 0 saturated heterocycles. The SMILES string of the molecule is O=C(O)c1snc2sccc12. The van der Waals surface area contributed by atoms with Gasteiger partial charge in [-0.1, -0.05) is 0 Å². The lowest BCUT2D eigenvalue weighted by molar-refractivity contribution is 0.0704. The minimum atomic E-state index is -0.893. The second kappa shape index (κ2) is 2.28. The summed E-state index contributed by atoms with van der Waals surface area (Å²) in [4.78, 5) is 11.7. The van der Waals surface area contributed by atoms with Crippen LogP contribution in [0.5, 0.6) is 0 Å². The molecule has 0 saturated carbocycles. The van der Waals surface area contributed by atoms with E-state index in [1.807, 2.05) is 5.38 Å². The maximum absolute atomic E-state index is 10.5. The Hall–Kier alpha value is -0.940. The van der Waals surface area contributed by atoms with E-state index in [-0.39, 0.29) is 0 Å². The number of aromatic carboxylic acids is 1. The van der Waals surface area contributed by atoms with Crippen LogP contribution in [0.15, 0.2) is 11.4 Å². The Bertz CT molecular complexity index is 403. The average Bonchev–Trinajstić information content (AvgIpc) is 2.41. The second-order valence-corrected chi connectivity index (χ2v) is 3.62. The largest absolute Gasteiger partial charge is 0.477 e. The molecule has 0 aliphatic carbocycles. The summed E-state index contributed by atoms with van der Waals surface area (Å²) in [7, 11) is 0. The van der Waals surface area contributed by atoms with Crippen LogP contribution in [0.2, 0.25) is 0 Å². The number of hydrogen-bond donors (Lipinski definition) is 1. The van der Waals surface area contributed by atoms with Crippen LogP contribution >= 0.6 is 22.9 Å². The van der Waals surface area contributed by atoms with Crippen molar-refractivity contribution in [2.45, 2.75) is 0 Å². The van der Waals surface area contributed by atoms with Gasteiger partial charge in [0.25, 0.3) is 0 Å². The van der Waals surface area contributed by atoms with Crippen LogP contribution in [-0.4, -0.2) is 15.4 Å². The van der Waals surface area contributed by atoms with Gasteiger partial charge in [0.1, 0.15) is 9.71 Å². The topological polar surface area (TPSA) is 50.2 Å². The fourth-order valence-electron chi connectivity index (χ4n) is 0.835. The number of hydrogen-bond acceptors (Lipinski definition) is 4. The molecule has 0 spiro atoms. The first-order chi connectivity index (χ1) is 5.29. The Kier molecular flexibility index (Phi) is 1.40. The molecule has 0 aliphatic rings. The molecule has 5 heteroatoms. The minimum absolute atomic E-state index is 0.334. The quantitative estimate of drug-likeness (QED) is 0.739. The molecular formula is C6H3NO2S2. The van der Waals surface area contributed by atoms with Gasteiger partial charge in [0.2, 0.25) is 0 Å². The number of carbonyl (C=O) groups is 1. The lowest BCUT2D eigenvalue weighted by Crippen LogP contribution is -1.90. The summed E-state index contributed by atoms with van der Waals surface area (Å²) in [6.07, 6.45) is 0. The maximum Gasteiger partial charge on any atom is 0.348 e. The molecule has 2 heterocycles. The van der Waals surface area contributed by atoms with E-state index in [9.17, 15) is 4.79 Å². The normalized spacial score (nSPS) is 10.5. The highest BCUT2D eigenvalue weighted by Crippen LogP contribution is 2.26. The van der Waals surface area contributed by atoms with Crippen molar-refractivity contribution in [2.24, 2.45) is 0 Å². The summed E-state index contributed by atoms with van der Waals surface area (Å²) in [6.45, 7) is 0. The third-order valence-corrected chi connectivity index (χ3v) is 3.08. The number of carboxylic acids is 1. The number of aromatic nitrogens is 1. The third kappa shape index (κ3) is 0.928. The van der Waals surface area contributed by atoms with Crippen molar-refractivity contribution in [2.75, 3.05) is 0 Å². The Morgan fingerprint density at radius 1 is 1.64 bits per heavy atom. The first kappa shape index (κ1) is 6.75. The fraction of sp³-hybridized carbons (Fsp3) is 0. The van der Waals surface area contributed by atoms with Crippen LogP contribution in [0.3, 0.4) is 0 Å². The van der Waals surface area contributed by atoms with Crippen molar-refractivity contribution >= 4 is 39.1 Å². The fourth-order valence-corrected chi connectivity index (χ4v) is 2.43. The maximum atomic E-state index is 10.5. The van der Waals surface area contributed by atoms with E-state index in [0.717, 1.165) is 21.7 Å². The van der Waals surface area contributed by atoms with Gasteiger partial charge < -0.3 is 5.11 Å². The van der Waals surface area contributed by atoms with Crippen LogP contribution in [0.4, 0.5) is 0 Å². The molecule has 0 fully saturated rings. The van der Waals surface area contributed by atoms with Gasteiger partial charge in [-0.3, -0.25) is 0 Å². The second-order valence-electron chi connectivity index (χ2n) is 1.96.